The van der Waals surface area contributed by atoms with Gasteiger partial charge in [0.25, 0.3) is 0 Å². The van der Waals surface area contributed by atoms with E-state index < -0.39 is 7.75 Å². The summed E-state index contributed by atoms with van der Waals surface area (Å²) in [4.78, 5) is 0. The first kappa shape index (κ1) is 14.8. The molecule has 0 saturated heterocycles. The summed E-state index contributed by atoms with van der Waals surface area (Å²) >= 11 is 0. The van der Waals surface area contributed by atoms with Crippen molar-refractivity contribution in [3.8, 4) is 0 Å². The Morgan fingerprint density at radius 3 is 2.55 bits per heavy atom. The van der Waals surface area contributed by atoms with Gasteiger partial charge in [0.1, 0.15) is 0 Å². The molecule has 9 nitrogen and oxygen atoms in total. The summed E-state index contributed by atoms with van der Waals surface area (Å²) in [5.74, 6) is 0.334. The summed E-state index contributed by atoms with van der Waals surface area (Å²) in [5.41, 5.74) is 0.517. The molecule has 22 heavy (non-hydrogen) atoms. The van der Waals surface area contributed by atoms with E-state index in [1.807, 2.05) is 24.3 Å². The van der Waals surface area contributed by atoms with Crippen LogP contribution in [0.5, 0.6) is 0 Å². The summed E-state index contributed by atoms with van der Waals surface area (Å²) in [5, 5.41) is 19.8. The maximum atomic E-state index is 12.6. The van der Waals surface area contributed by atoms with Crippen LogP contribution in [0.25, 0.3) is 16.4 Å². The lowest BCUT2D eigenvalue weighted by atomic mass is 10.2. The van der Waals surface area contributed by atoms with Gasteiger partial charge in [-0.15, -0.1) is 14.8 Å². The number of hydrogen-bond acceptors (Lipinski definition) is 7. The Kier molecular flexibility index (Phi) is 4.02. The highest BCUT2D eigenvalue weighted by Crippen LogP contribution is 2.48. The summed E-state index contributed by atoms with van der Waals surface area (Å²) in [6.45, 7) is 3.97. The van der Waals surface area contributed by atoms with E-state index in [0.717, 1.165) is 10.8 Å². The average molecular weight is 322 g/mol. The van der Waals surface area contributed by atoms with Gasteiger partial charge in [0.15, 0.2) is 5.82 Å². The Morgan fingerprint density at radius 1 is 1.18 bits per heavy atom. The molecule has 10 heteroatoms. The lowest BCUT2D eigenvalue weighted by Crippen LogP contribution is -2.09. The van der Waals surface area contributed by atoms with Gasteiger partial charge in [0.05, 0.1) is 13.2 Å². The molecule has 116 valence electrons. The molecular weight excluding hydrogens is 307 g/mol. The number of benzene rings is 1. The second-order valence-corrected chi connectivity index (χ2v) is 6.07. The maximum Gasteiger partial charge on any atom is 0.433 e. The monoisotopic (exact) mass is 322 g/mol. The van der Waals surface area contributed by atoms with Crippen molar-refractivity contribution in [2.24, 2.45) is 0 Å². The van der Waals surface area contributed by atoms with Crippen LogP contribution < -0.4 is 5.09 Å². The SMILES string of the molecule is CCOP(=O)(Nc1nn2nnnc2c2ccccc12)OCC. The molecule has 0 saturated carbocycles. The van der Waals surface area contributed by atoms with Gasteiger partial charge in [0, 0.05) is 10.8 Å². The molecule has 0 bridgehead atoms. The van der Waals surface area contributed by atoms with Gasteiger partial charge in [-0.25, -0.2) is 4.57 Å². The highest BCUT2D eigenvalue weighted by molar-refractivity contribution is 7.55. The number of anilines is 1. The minimum Gasteiger partial charge on any atom is -0.293 e. The van der Waals surface area contributed by atoms with Crippen LogP contribution in [0.3, 0.4) is 0 Å². The molecule has 0 spiro atoms. The Balaban J connectivity index is 2.14. The first-order chi connectivity index (χ1) is 10.7. The van der Waals surface area contributed by atoms with Crippen LogP contribution in [0.1, 0.15) is 13.8 Å². The van der Waals surface area contributed by atoms with Crippen LogP contribution >= 0.6 is 7.75 Å². The van der Waals surface area contributed by atoms with E-state index in [-0.39, 0.29) is 13.2 Å². The highest BCUT2D eigenvalue weighted by Gasteiger charge is 2.26. The van der Waals surface area contributed by atoms with Gasteiger partial charge in [0.2, 0.25) is 5.65 Å². The van der Waals surface area contributed by atoms with E-state index in [4.69, 9.17) is 9.05 Å². The van der Waals surface area contributed by atoms with E-state index in [2.05, 4.69) is 25.7 Å². The first-order valence-electron chi connectivity index (χ1n) is 6.81. The Bertz CT molecular complexity index is 841. The second-order valence-electron chi connectivity index (χ2n) is 4.33. The zero-order valence-corrected chi connectivity index (χ0v) is 13.0. The van der Waals surface area contributed by atoms with Crippen LogP contribution in [0, 0.1) is 0 Å². The molecule has 0 aliphatic carbocycles. The van der Waals surface area contributed by atoms with E-state index in [1.54, 1.807) is 13.8 Å². The number of tetrazole rings is 1. The van der Waals surface area contributed by atoms with Crippen LogP contribution in [-0.2, 0) is 13.6 Å². The standard InChI is InChI=1S/C12H15N6O3P/c1-3-20-22(19,21-4-2)15-11-9-7-5-6-8-10(9)12-13-16-17-18(12)14-11/h5-8H,3-4H2,1-2H3,(H,14,15,19). The van der Waals surface area contributed by atoms with Gasteiger partial charge in [-0.3, -0.25) is 14.1 Å². The van der Waals surface area contributed by atoms with Gasteiger partial charge in [-0.1, -0.05) is 24.3 Å². The van der Waals surface area contributed by atoms with Crippen LogP contribution in [0.2, 0.25) is 0 Å². The van der Waals surface area contributed by atoms with Crippen LogP contribution in [-0.4, -0.2) is 38.5 Å². The third kappa shape index (κ3) is 2.66. The first-order valence-corrected chi connectivity index (χ1v) is 8.35. The molecule has 1 aromatic carbocycles. The molecule has 0 aliphatic heterocycles. The van der Waals surface area contributed by atoms with Crippen molar-refractivity contribution >= 4 is 30.0 Å². The Morgan fingerprint density at radius 2 is 1.86 bits per heavy atom. The summed E-state index contributed by atoms with van der Waals surface area (Å²) in [7, 11) is -3.50. The normalized spacial score (nSPS) is 12.1. The lowest BCUT2D eigenvalue weighted by Gasteiger charge is -2.18. The summed E-state index contributed by atoms with van der Waals surface area (Å²) in [6, 6.07) is 7.41. The predicted octanol–water partition coefficient (Wildman–Crippen LogP) is 2.27. The third-order valence-corrected chi connectivity index (χ3v) is 4.59. The van der Waals surface area contributed by atoms with Crippen molar-refractivity contribution in [2.75, 3.05) is 18.3 Å². The molecule has 0 radical (unpaired) electrons. The largest absolute Gasteiger partial charge is 0.433 e. The molecule has 2 aromatic heterocycles. The fourth-order valence-electron chi connectivity index (χ4n) is 2.10. The van der Waals surface area contributed by atoms with Crippen LogP contribution in [0.4, 0.5) is 5.82 Å². The number of fused-ring (bicyclic) bond motifs is 3. The topological polar surface area (TPSA) is 104 Å². The molecule has 2 heterocycles. The fourth-order valence-corrected chi connectivity index (χ4v) is 3.41. The molecule has 3 rings (SSSR count). The number of nitrogens with zero attached hydrogens (tertiary/aromatic N) is 5. The van der Waals surface area contributed by atoms with E-state index in [9.17, 15) is 4.57 Å². The molecular formula is C12H15N6O3P. The minimum absolute atomic E-state index is 0.245. The molecule has 0 aliphatic rings. The Hall–Kier alpha value is -2.09. The number of rotatable bonds is 6. The summed E-state index contributed by atoms with van der Waals surface area (Å²) in [6.07, 6.45) is 0. The Labute approximate surface area is 126 Å². The molecule has 0 fully saturated rings. The van der Waals surface area contributed by atoms with Gasteiger partial charge < -0.3 is 0 Å². The number of aromatic nitrogens is 5. The highest BCUT2D eigenvalue weighted by atomic mass is 31.2. The smallest absolute Gasteiger partial charge is 0.293 e. The summed E-state index contributed by atoms with van der Waals surface area (Å²) < 4.78 is 24.4. The zero-order chi connectivity index (χ0) is 15.6. The quantitative estimate of drug-likeness (QED) is 0.689. The molecule has 3 aromatic rings. The van der Waals surface area contributed by atoms with Gasteiger partial charge >= 0.3 is 7.75 Å². The fraction of sp³-hybridized carbons (Fsp3) is 0.333. The maximum absolute atomic E-state index is 12.6. The average Bonchev–Trinajstić information content (AvgIpc) is 2.96. The van der Waals surface area contributed by atoms with Crippen molar-refractivity contribution in [3.63, 3.8) is 0 Å². The zero-order valence-electron chi connectivity index (χ0n) is 12.1. The van der Waals surface area contributed by atoms with Gasteiger partial charge in [-0.05, 0) is 24.3 Å². The van der Waals surface area contributed by atoms with Crippen molar-refractivity contribution < 1.29 is 13.6 Å². The molecule has 0 atom stereocenters. The van der Waals surface area contributed by atoms with Crippen molar-refractivity contribution in [1.29, 1.82) is 0 Å². The number of nitrogens with one attached hydrogen (secondary N) is 1. The minimum atomic E-state index is -3.50. The molecule has 0 unspecified atom stereocenters. The second kappa shape index (κ2) is 5.96. The van der Waals surface area contributed by atoms with Crippen molar-refractivity contribution in [2.45, 2.75) is 13.8 Å². The lowest BCUT2D eigenvalue weighted by molar-refractivity contribution is 0.225. The number of hydrogen-bond donors (Lipinski definition) is 1. The van der Waals surface area contributed by atoms with E-state index >= 15 is 0 Å². The van der Waals surface area contributed by atoms with Gasteiger partial charge in [-0.2, -0.15) is 0 Å². The predicted molar refractivity (Wildman–Crippen MR) is 80.6 cm³/mol. The van der Waals surface area contributed by atoms with Crippen LogP contribution in [0.15, 0.2) is 24.3 Å². The van der Waals surface area contributed by atoms with Crippen molar-refractivity contribution in [3.05, 3.63) is 24.3 Å². The van der Waals surface area contributed by atoms with E-state index in [1.165, 1.54) is 4.63 Å². The van der Waals surface area contributed by atoms with E-state index in [0.29, 0.717) is 11.5 Å². The van der Waals surface area contributed by atoms with Crippen molar-refractivity contribution in [1.82, 2.24) is 25.3 Å². The molecule has 1 N–H and O–H groups in total. The molecule has 0 amide bonds. The third-order valence-electron chi connectivity index (χ3n) is 2.91.